The number of hydrogen-bond donors (Lipinski definition) is 1. The molecule has 0 saturated carbocycles. The highest BCUT2D eigenvalue weighted by atomic mass is 79.9. The van der Waals surface area contributed by atoms with Crippen LogP contribution in [0.15, 0.2) is 51.8 Å². The Hall–Kier alpha value is -0.770. The van der Waals surface area contributed by atoms with Crippen LogP contribution >= 0.6 is 27.7 Å². The highest BCUT2D eigenvalue weighted by Crippen LogP contribution is 2.30. The molecule has 0 aliphatic heterocycles. The van der Waals surface area contributed by atoms with E-state index in [4.69, 9.17) is 0 Å². The molecule has 2 aromatic rings. The molecule has 0 aliphatic carbocycles. The molecule has 0 fully saturated rings. The van der Waals surface area contributed by atoms with Gasteiger partial charge in [0, 0.05) is 15.1 Å². The summed E-state index contributed by atoms with van der Waals surface area (Å²) in [5.41, 5.74) is 3.62. The highest BCUT2D eigenvalue weighted by Gasteiger charge is 2.07. The summed E-state index contributed by atoms with van der Waals surface area (Å²) in [6.07, 6.45) is -0.440. The maximum Gasteiger partial charge on any atom is 0.0772 e. The SMILES string of the molecule is Cc1ccccc1CSc1ccc(C(C)O)c(Br)c1. The Labute approximate surface area is 127 Å². The lowest BCUT2D eigenvalue weighted by Crippen LogP contribution is -1.92. The van der Waals surface area contributed by atoms with Crippen molar-refractivity contribution in [2.24, 2.45) is 0 Å². The van der Waals surface area contributed by atoms with Crippen molar-refractivity contribution in [3.63, 3.8) is 0 Å². The molecule has 0 heterocycles. The van der Waals surface area contributed by atoms with E-state index in [2.05, 4.69) is 59.3 Å². The second-order valence-corrected chi connectivity index (χ2v) is 6.48. The van der Waals surface area contributed by atoms with Crippen LogP contribution in [0.5, 0.6) is 0 Å². The normalized spacial score (nSPS) is 12.4. The van der Waals surface area contributed by atoms with Gasteiger partial charge in [-0.05, 0) is 42.7 Å². The molecule has 0 radical (unpaired) electrons. The lowest BCUT2D eigenvalue weighted by Gasteiger charge is -2.10. The molecule has 0 aromatic heterocycles. The van der Waals surface area contributed by atoms with Gasteiger partial charge in [0.2, 0.25) is 0 Å². The first kappa shape index (κ1) is 14.6. The lowest BCUT2D eigenvalue weighted by molar-refractivity contribution is 0.198. The van der Waals surface area contributed by atoms with E-state index in [0.717, 1.165) is 15.8 Å². The molecule has 1 N–H and O–H groups in total. The topological polar surface area (TPSA) is 20.2 Å². The first-order valence-corrected chi connectivity index (χ1v) is 8.00. The molecule has 0 bridgehead atoms. The minimum Gasteiger partial charge on any atom is -0.389 e. The molecule has 1 unspecified atom stereocenters. The zero-order valence-electron chi connectivity index (χ0n) is 11.1. The van der Waals surface area contributed by atoms with E-state index in [1.165, 1.54) is 16.0 Å². The molecule has 100 valence electrons. The van der Waals surface area contributed by atoms with Crippen molar-refractivity contribution >= 4 is 27.7 Å². The molecule has 0 spiro atoms. The molecular weight excluding hydrogens is 320 g/mol. The van der Waals surface area contributed by atoms with Gasteiger partial charge in [0.15, 0.2) is 0 Å². The third-order valence-electron chi connectivity index (χ3n) is 3.08. The molecule has 1 atom stereocenters. The van der Waals surface area contributed by atoms with Gasteiger partial charge in [-0.1, -0.05) is 46.3 Å². The van der Waals surface area contributed by atoms with Crippen LogP contribution in [0.2, 0.25) is 0 Å². The van der Waals surface area contributed by atoms with Crippen molar-refractivity contribution in [2.75, 3.05) is 0 Å². The number of aliphatic hydroxyl groups excluding tert-OH is 1. The third kappa shape index (κ3) is 3.85. The second-order valence-electron chi connectivity index (χ2n) is 4.57. The average molecular weight is 337 g/mol. The Bertz CT molecular complexity index is 566. The van der Waals surface area contributed by atoms with Gasteiger partial charge in [-0.2, -0.15) is 0 Å². The highest BCUT2D eigenvalue weighted by molar-refractivity contribution is 9.10. The predicted octanol–water partition coefficient (Wildman–Crippen LogP) is 5.10. The van der Waals surface area contributed by atoms with Crippen LogP contribution in [0.25, 0.3) is 0 Å². The Balaban J connectivity index is 2.08. The van der Waals surface area contributed by atoms with Crippen molar-refractivity contribution in [3.8, 4) is 0 Å². The van der Waals surface area contributed by atoms with Crippen LogP contribution in [0.1, 0.15) is 29.7 Å². The van der Waals surface area contributed by atoms with E-state index in [9.17, 15) is 5.11 Å². The summed E-state index contributed by atoms with van der Waals surface area (Å²) >= 11 is 5.33. The van der Waals surface area contributed by atoms with Crippen LogP contribution in [0.3, 0.4) is 0 Å². The van der Waals surface area contributed by atoms with Gasteiger partial charge in [-0.3, -0.25) is 0 Å². The van der Waals surface area contributed by atoms with Gasteiger partial charge < -0.3 is 5.11 Å². The van der Waals surface area contributed by atoms with E-state index in [1.807, 2.05) is 17.8 Å². The van der Waals surface area contributed by atoms with Gasteiger partial charge in [-0.25, -0.2) is 0 Å². The molecule has 1 nitrogen and oxygen atoms in total. The number of benzene rings is 2. The number of thioether (sulfide) groups is 1. The molecule has 2 rings (SSSR count). The first-order valence-electron chi connectivity index (χ1n) is 6.22. The molecular formula is C16H17BrOS. The Morgan fingerprint density at radius 1 is 1.21 bits per heavy atom. The van der Waals surface area contributed by atoms with Crippen molar-refractivity contribution in [1.82, 2.24) is 0 Å². The fraction of sp³-hybridized carbons (Fsp3) is 0.250. The predicted molar refractivity (Wildman–Crippen MR) is 85.5 cm³/mol. The Morgan fingerprint density at radius 3 is 2.58 bits per heavy atom. The van der Waals surface area contributed by atoms with E-state index >= 15 is 0 Å². The maximum atomic E-state index is 9.60. The van der Waals surface area contributed by atoms with Crippen LogP contribution in [0.4, 0.5) is 0 Å². The van der Waals surface area contributed by atoms with Gasteiger partial charge >= 0.3 is 0 Å². The maximum absolute atomic E-state index is 9.60. The zero-order valence-corrected chi connectivity index (χ0v) is 13.5. The Kier molecular flexibility index (Phi) is 5.08. The van der Waals surface area contributed by atoms with E-state index in [-0.39, 0.29) is 0 Å². The number of halogens is 1. The van der Waals surface area contributed by atoms with Crippen molar-refractivity contribution < 1.29 is 5.11 Å². The molecule has 2 aromatic carbocycles. The van der Waals surface area contributed by atoms with Crippen molar-refractivity contribution in [1.29, 1.82) is 0 Å². The minimum atomic E-state index is -0.440. The van der Waals surface area contributed by atoms with E-state index in [1.54, 1.807) is 6.92 Å². The largest absolute Gasteiger partial charge is 0.389 e. The first-order chi connectivity index (χ1) is 9.08. The number of aliphatic hydroxyl groups is 1. The summed E-state index contributed by atoms with van der Waals surface area (Å²) in [4.78, 5) is 1.21. The monoisotopic (exact) mass is 336 g/mol. The summed E-state index contributed by atoms with van der Waals surface area (Å²) in [5.74, 6) is 0.965. The number of rotatable bonds is 4. The van der Waals surface area contributed by atoms with Crippen LogP contribution < -0.4 is 0 Å². The summed E-state index contributed by atoms with van der Waals surface area (Å²) in [6, 6.07) is 14.6. The zero-order chi connectivity index (χ0) is 13.8. The summed E-state index contributed by atoms with van der Waals surface area (Å²) in [6.45, 7) is 3.92. The van der Waals surface area contributed by atoms with Crippen molar-refractivity contribution in [3.05, 3.63) is 63.6 Å². The lowest BCUT2D eigenvalue weighted by atomic mass is 10.1. The third-order valence-corrected chi connectivity index (χ3v) is 4.81. The second kappa shape index (κ2) is 6.60. The number of aryl methyl sites for hydroxylation is 1. The summed E-state index contributed by atoms with van der Waals surface area (Å²) in [5, 5.41) is 9.60. The molecule has 0 saturated heterocycles. The molecule has 3 heteroatoms. The van der Waals surface area contributed by atoms with Gasteiger partial charge in [0.05, 0.1) is 6.10 Å². The quantitative estimate of drug-likeness (QED) is 0.783. The van der Waals surface area contributed by atoms with Crippen LogP contribution in [-0.2, 0) is 5.75 Å². The van der Waals surface area contributed by atoms with E-state index in [0.29, 0.717) is 0 Å². The van der Waals surface area contributed by atoms with Gasteiger partial charge in [0.25, 0.3) is 0 Å². The van der Waals surface area contributed by atoms with Crippen LogP contribution in [-0.4, -0.2) is 5.11 Å². The average Bonchev–Trinajstić information content (AvgIpc) is 2.37. The molecule has 0 amide bonds. The minimum absolute atomic E-state index is 0.440. The fourth-order valence-corrected chi connectivity index (χ4v) is 3.74. The summed E-state index contributed by atoms with van der Waals surface area (Å²) < 4.78 is 0.970. The molecule has 19 heavy (non-hydrogen) atoms. The van der Waals surface area contributed by atoms with Crippen LogP contribution in [0, 0.1) is 6.92 Å². The van der Waals surface area contributed by atoms with Crippen molar-refractivity contribution in [2.45, 2.75) is 30.6 Å². The van der Waals surface area contributed by atoms with Gasteiger partial charge in [0.1, 0.15) is 0 Å². The number of hydrogen-bond acceptors (Lipinski definition) is 2. The Morgan fingerprint density at radius 2 is 1.95 bits per heavy atom. The fourth-order valence-electron chi connectivity index (χ4n) is 1.87. The molecule has 0 aliphatic rings. The van der Waals surface area contributed by atoms with Gasteiger partial charge in [-0.15, -0.1) is 11.8 Å². The summed E-state index contributed by atoms with van der Waals surface area (Å²) in [7, 11) is 0. The smallest absolute Gasteiger partial charge is 0.0772 e. The van der Waals surface area contributed by atoms with E-state index < -0.39 is 6.10 Å². The standard InChI is InChI=1S/C16H17BrOS/c1-11-5-3-4-6-13(11)10-19-14-7-8-15(12(2)18)16(17)9-14/h3-9,12,18H,10H2,1-2H3.